The van der Waals surface area contributed by atoms with Gasteiger partial charge in [0.25, 0.3) is 0 Å². The number of nitrogens with two attached hydrogens (primary N) is 1. The number of rotatable bonds is 3. The van der Waals surface area contributed by atoms with Crippen LogP contribution in [0.1, 0.15) is 24.4 Å². The van der Waals surface area contributed by atoms with E-state index < -0.39 is 0 Å². The molecule has 2 unspecified atom stereocenters. The van der Waals surface area contributed by atoms with Gasteiger partial charge in [0, 0.05) is 23.7 Å². The van der Waals surface area contributed by atoms with Crippen LogP contribution >= 0.6 is 11.6 Å². The maximum atomic E-state index is 14.0. The summed E-state index contributed by atoms with van der Waals surface area (Å²) < 4.78 is 19.7. The van der Waals surface area contributed by atoms with Crippen LogP contribution in [0, 0.1) is 5.82 Å². The molecule has 108 valence electrons. The van der Waals surface area contributed by atoms with E-state index in [1.54, 1.807) is 12.1 Å². The molecule has 1 fully saturated rings. The molecule has 2 aliphatic heterocycles. The average Bonchev–Trinajstić information content (AvgIpc) is 3.05. The molecule has 2 aliphatic rings. The van der Waals surface area contributed by atoms with Crippen molar-refractivity contribution in [3.63, 3.8) is 0 Å². The molecule has 0 spiro atoms. The zero-order valence-electron chi connectivity index (χ0n) is 11.1. The van der Waals surface area contributed by atoms with E-state index in [2.05, 4.69) is 4.99 Å². The lowest BCUT2D eigenvalue weighted by Crippen LogP contribution is -2.41. The molecule has 0 bridgehead atoms. The van der Waals surface area contributed by atoms with E-state index in [1.165, 1.54) is 6.07 Å². The molecule has 2 N–H and O–H groups in total. The molecule has 6 heteroatoms. The Hall–Kier alpha value is -1.33. The summed E-state index contributed by atoms with van der Waals surface area (Å²) in [5.74, 6) is 0.173. The van der Waals surface area contributed by atoms with Crippen LogP contribution in [0.2, 0.25) is 5.02 Å². The summed E-state index contributed by atoms with van der Waals surface area (Å²) in [4.78, 5) is 6.16. The molecule has 1 saturated heterocycles. The summed E-state index contributed by atoms with van der Waals surface area (Å²) in [6.07, 6.45) is 2.21. The summed E-state index contributed by atoms with van der Waals surface area (Å²) in [6.45, 7) is 1.88. The lowest BCUT2D eigenvalue weighted by Gasteiger charge is -2.29. The third-order valence-electron chi connectivity index (χ3n) is 3.84. The monoisotopic (exact) mass is 297 g/mol. The lowest BCUT2D eigenvalue weighted by molar-refractivity contribution is 0.0849. The minimum absolute atomic E-state index is 0.145. The Morgan fingerprint density at radius 3 is 3.10 bits per heavy atom. The molecule has 0 aliphatic carbocycles. The summed E-state index contributed by atoms with van der Waals surface area (Å²) in [5, 5.41) is 0.518. The third-order valence-corrected chi connectivity index (χ3v) is 4.07. The van der Waals surface area contributed by atoms with Gasteiger partial charge in [-0.3, -0.25) is 4.99 Å². The highest BCUT2D eigenvalue weighted by Crippen LogP contribution is 2.30. The number of guanidine groups is 1. The van der Waals surface area contributed by atoms with Gasteiger partial charge in [0.1, 0.15) is 5.82 Å². The van der Waals surface area contributed by atoms with Gasteiger partial charge in [-0.25, -0.2) is 4.39 Å². The highest BCUT2D eigenvalue weighted by atomic mass is 35.5. The van der Waals surface area contributed by atoms with Crippen molar-refractivity contribution in [1.29, 1.82) is 0 Å². The molecular formula is C14H17ClFN3O. The van der Waals surface area contributed by atoms with E-state index in [1.807, 2.05) is 4.90 Å². The summed E-state index contributed by atoms with van der Waals surface area (Å²) in [5.41, 5.74) is 6.48. The first kappa shape index (κ1) is 13.6. The van der Waals surface area contributed by atoms with Gasteiger partial charge in [-0.15, -0.1) is 0 Å². The molecule has 1 aromatic carbocycles. The second-order valence-corrected chi connectivity index (χ2v) is 5.60. The molecule has 2 heterocycles. The molecule has 4 nitrogen and oxygen atoms in total. The van der Waals surface area contributed by atoms with Gasteiger partial charge in [0.2, 0.25) is 0 Å². The number of hydrogen-bond acceptors (Lipinski definition) is 4. The van der Waals surface area contributed by atoms with Crippen molar-refractivity contribution in [3.05, 3.63) is 34.6 Å². The van der Waals surface area contributed by atoms with E-state index in [-0.39, 0.29) is 18.0 Å². The largest absolute Gasteiger partial charge is 0.376 e. The number of aliphatic imine (C=N–C) groups is 1. The molecule has 0 amide bonds. The highest BCUT2D eigenvalue weighted by molar-refractivity contribution is 6.30. The zero-order chi connectivity index (χ0) is 14.1. The van der Waals surface area contributed by atoms with Crippen LogP contribution in [0.5, 0.6) is 0 Å². The number of benzene rings is 1. The van der Waals surface area contributed by atoms with Crippen molar-refractivity contribution in [2.24, 2.45) is 10.7 Å². The Balaban J connectivity index is 1.82. The summed E-state index contributed by atoms with van der Waals surface area (Å²) >= 11 is 5.97. The first-order valence-corrected chi connectivity index (χ1v) is 7.16. The van der Waals surface area contributed by atoms with Crippen LogP contribution in [-0.4, -0.2) is 36.7 Å². The fraction of sp³-hybridized carbons (Fsp3) is 0.500. The third kappa shape index (κ3) is 2.60. The molecule has 0 radical (unpaired) electrons. The van der Waals surface area contributed by atoms with E-state index in [4.69, 9.17) is 22.1 Å². The molecule has 0 saturated carbocycles. The summed E-state index contributed by atoms with van der Waals surface area (Å²) in [7, 11) is 0. The second-order valence-electron chi connectivity index (χ2n) is 5.17. The van der Waals surface area contributed by atoms with Crippen LogP contribution in [0.25, 0.3) is 0 Å². The van der Waals surface area contributed by atoms with Crippen LogP contribution in [-0.2, 0) is 4.74 Å². The number of ether oxygens (including phenoxy) is 1. The van der Waals surface area contributed by atoms with E-state index in [0.29, 0.717) is 29.6 Å². The summed E-state index contributed by atoms with van der Waals surface area (Å²) in [6, 6.07) is 4.39. The van der Waals surface area contributed by atoms with Gasteiger partial charge in [0.05, 0.1) is 18.7 Å². The van der Waals surface area contributed by atoms with Gasteiger partial charge in [-0.1, -0.05) is 11.6 Å². The van der Waals surface area contributed by atoms with Gasteiger partial charge in [-0.2, -0.15) is 0 Å². The molecule has 20 heavy (non-hydrogen) atoms. The second kappa shape index (κ2) is 5.58. The molecule has 0 aromatic heterocycles. The number of hydrogen-bond donors (Lipinski definition) is 1. The normalized spacial score (nSPS) is 26.1. The van der Waals surface area contributed by atoms with Crippen LogP contribution in [0.3, 0.4) is 0 Å². The van der Waals surface area contributed by atoms with E-state index in [0.717, 1.165) is 19.4 Å². The molecule has 3 rings (SSSR count). The van der Waals surface area contributed by atoms with Crippen molar-refractivity contribution < 1.29 is 9.13 Å². The minimum Gasteiger partial charge on any atom is -0.376 e. The van der Waals surface area contributed by atoms with E-state index in [9.17, 15) is 4.39 Å². The van der Waals surface area contributed by atoms with Crippen LogP contribution in [0.4, 0.5) is 4.39 Å². The van der Waals surface area contributed by atoms with Gasteiger partial charge in [-0.05, 0) is 31.0 Å². The minimum atomic E-state index is -0.276. The standard InChI is InChI=1S/C14H17ClFN3O/c15-9-3-4-12(16)11(6-9)13-7-18-14(17)19(13)8-10-2-1-5-20-10/h3-4,6,10,13H,1-2,5,7-8H2,(H2,17,18). The lowest BCUT2D eigenvalue weighted by atomic mass is 10.0. The average molecular weight is 298 g/mol. The fourth-order valence-corrected chi connectivity index (χ4v) is 2.97. The van der Waals surface area contributed by atoms with Gasteiger partial charge in [0.15, 0.2) is 5.96 Å². The smallest absolute Gasteiger partial charge is 0.192 e. The molecular weight excluding hydrogens is 281 g/mol. The fourth-order valence-electron chi connectivity index (χ4n) is 2.79. The van der Waals surface area contributed by atoms with Gasteiger partial charge < -0.3 is 15.4 Å². The predicted molar refractivity (Wildman–Crippen MR) is 76.3 cm³/mol. The highest BCUT2D eigenvalue weighted by Gasteiger charge is 2.32. The van der Waals surface area contributed by atoms with Gasteiger partial charge >= 0.3 is 0 Å². The molecule has 2 atom stereocenters. The quantitative estimate of drug-likeness (QED) is 0.931. The topological polar surface area (TPSA) is 50.8 Å². The number of nitrogens with zero attached hydrogens (tertiary/aromatic N) is 2. The van der Waals surface area contributed by atoms with Crippen LogP contribution in [0.15, 0.2) is 23.2 Å². The zero-order valence-corrected chi connectivity index (χ0v) is 11.8. The van der Waals surface area contributed by atoms with Crippen LogP contribution < -0.4 is 5.73 Å². The number of halogens is 2. The Bertz CT molecular complexity index is 531. The SMILES string of the molecule is NC1=NCC(c2cc(Cl)ccc2F)N1CC1CCCO1. The maximum absolute atomic E-state index is 14.0. The van der Waals surface area contributed by atoms with Crippen molar-refractivity contribution in [2.75, 3.05) is 19.7 Å². The van der Waals surface area contributed by atoms with Crippen molar-refractivity contribution in [3.8, 4) is 0 Å². The Morgan fingerprint density at radius 2 is 2.35 bits per heavy atom. The Kier molecular flexibility index (Phi) is 3.81. The van der Waals surface area contributed by atoms with Crippen molar-refractivity contribution in [1.82, 2.24) is 4.90 Å². The molecule has 1 aromatic rings. The van der Waals surface area contributed by atoms with E-state index >= 15 is 0 Å². The Morgan fingerprint density at radius 1 is 1.50 bits per heavy atom. The van der Waals surface area contributed by atoms with Crippen molar-refractivity contribution >= 4 is 17.6 Å². The first-order chi connectivity index (χ1) is 9.65. The van der Waals surface area contributed by atoms with Crippen molar-refractivity contribution in [2.45, 2.75) is 25.0 Å². The first-order valence-electron chi connectivity index (χ1n) is 6.78. The predicted octanol–water partition coefficient (Wildman–Crippen LogP) is 2.33. The Labute approximate surface area is 122 Å². The maximum Gasteiger partial charge on any atom is 0.192 e.